The maximum Gasteiger partial charge on any atom is 0.387 e. The second kappa shape index (κ2) is 8.67. The van der Waals surface area contributed by atoms with Crippen LogP contribution in [0.25, 0.3) is 0 Å². The molecule has 2 atom stereocenters. The third kappa shape index (κ3) is 4.38. The number of methoxy groups -OCH3 is 1. The van der Waals surface area contributed by atoms with E-state index in [1.807, 2.05) is 6.07 Å². The number of hydrogen-bond donors (Lipinski definition) is 1. The van der Waals surface area contributed by atoms with Gasteiger partial charge in [-0.05, 0) is 60.4 Å². The highest BCUT2D eigenvalue weighted by Gasteiger charge is 2.28. The highest BCUT2D eigenvalue weighted by molar-refractivity contribution is 5.50. The smallest absolute Gasteiger partial charge is 0.387 e. The number of fused-ring (bicyclic) bond motifs is 1. The van der Waals surface area contributed by atoms with E-state index in [1.165, 1.54) is 24.3 Å². The van der Waals surface area contributed by atoms with E-state index in [9.17, 15) is 13.9 Å². The number of hydrogen-bond acceptors (Lipinski definition) is 4. The zero-order chi connectivity index (χ0) is 20.4. The maximum atomic E-state index is 13.0. The Morgan fingerprint density at radius 3 is 2.59 bits per heavy atom. The number of aliphatic hydroxyl groups excluding tert-OH is 1. The zero-order valence-corrected chi connectivity index (χ0v) is 16.5. The van der Waals surface area contributed by atoms with Crippen LogP contribution in [-0.4, -0.2) is 31.5 Å². The first-order chi connectivity index (χ1) is 14.1. The van der Waals surface area contributed by atoms with E-state index in [4.69, 9.17) is 14.2 Å². The largest absolute Gasteiger partial charge is 0.496 e. The molecular weight excluding hydrogens is 378 g/mol. The minimum absolute atomic E-state index is 0.0707. The molecule has 1 heterocycles. The van der Waals surface area contributed by atoms with Gasteiger partial charge < -0.3 is 19.3 Å². The fraction of sp³-hybridized carbons (Fsp3) is 0.478. The molecule has 156 valence electrons. The molecule has 1 N–H and O–H groups in total. The molecule has 0 spiro atoms. The van der Waals surface area contributed by atoms with Crippen LogP contribution in [-0.2, 0) is 24.0 Å². The summed E-state index contributed by atoms with van der Waals surface area (Å²) in [7, 11) is 1.53. The van der Waals surface area contributed by atoms with Crippen molar-refractivity contribution < 1.29 is 28.1 Å². The monoisotopic (exact) mass is 404 g/mol. The molecule has 4 rings (SSSR count). The summed E-state index contributed by atoms with van der Waals surface area (Å²) in [6.07, 6.45) is 4.50. The molecule has 1 aliphatic heterocycles. The number of aryl methyl sites for hydroxylation is 2. The van der Waals surface area contributed by atoms with Gasteiger partial charge in [0.1, 0.15) is 11.5 Å². The molecule has 2 aromatic carbocycles. The molecule has 0 bridgehead atoms. The second-order valence-corrected chi connectivity index (χ2v) is 7.72. The van der Waals surface area contributed by atoms with Crippen molar-refractivity contribution in [3.63, 3.8) is 0 Å². The van der Waals surface area contributed by atoms with Crippen LogP contribution in [0.5, 0.6) is 11.5 Å². The van der Waals surface area contributed by atoms with Crippen molar-refractivity contribution in [2.75, 3.05) is 13.7 Å². The third-order valence-electron chi connectivity index (χ3n) is 5.86. The number of halogens is 2. The van der Waals surface area contributed by atoms with Crippen LogP contribution in [0.4, 0.5) is 8.78 Å². The first-order valence-corrected chi connectivity index (χ1v) is 10.1. The summed E-state index contributed by atoms with van der Waals surface area (Å²) in [5.74, 6) is 0.586. The van der Waals surface area contributed by atoms with E-state index in [-0.39, 0.29) is 18.5 Å². The van der Waals surface area contributed by atoms with E-state index >= 15 is 0 Å². The van der Waals surface area contributed by atoms with Crippen molar-refractivity contribution in [3.05, 3.63) is 58.1 Å². The molecule has 0 aromatic heterocycles. The van der Waals surface area contributed by atoms with E-state index in [0.717, 1.165) is 36.8 Å². The Hall–Kier alpha value is -2.18. The van der Waals surface area contributed by atoms with Gasteiger partial charge >= 0.3 is 6.61 Å². The van der Waals surface area contributed by atoms with Crippen LogP contribution in [0.1, 0.15) is 53.2 Å². The van der Waals surface area contributed by atoms with Gasteiger partial charge in [-0.1, -0.05) is 18.2 Å². The Kier molecular flexibility index (Phi) is 6.01. The standard InChI is InChI=1S/C23H26F2O4/c1-27-21-12-22(29-23(24)25)19(20-4-2-3-18(13-26)28-20)11-17(21)10-14-5-6-15-7-8-16(15)9-14/h5-6,9,11-12,18,20,23,26H,2-4,7-8,10,13H2,1H3. The normalized spacial score (nSPS) is 20.9. The number of aliphatic hydroxyl groups is 1. The van der Waals surface area contributed by atoms with Gasteiger partial charge in [0.05, 0.1) is 25.9 Å². The van der Waals surface area contributed by atoms with Crippen LogP contribution in [0, 0.1) is 0 Å². The molecule has 29 heavy (non-hydrogen) atoms. The molecule has 0 amide bonds. The summed E-state index contributed by atoms with van der Waals surface area (Å²) in [6.45, 7) is -3.02. The van der Waals surface area contributed by atoms with Crippen molar-refractivity contribution in [2.45, 2.75) is 57.3 Å². The first-order valence-electron chi connectivity index (χ1n) is 10.1. The summed E-state index contributed by atoms with van der Waals surface area (Å²) in [6, 6.07) is 9.87. The van der Waals surface area contributed by atoms with Crippen molar-refractivity contribution in [1.29, 1.82) is 0 Å². The van der Waals surface area contributed by atoms with Gasteiger partial charge in [0.25, 0.3) is 0 Å². The predicted molar refractivity (Wildman–Crippen MR) is 105 cm³/mol. The van der Waals surface area contributed by atoms with Gasteiger partial charge in [-0.25, -0.2) is 0 Å². The maximum absolute atomic E-state index is 13.0. The molecule has 2 aliphatic rings. The van der Waals surface area contributed by atoms with Crippen LogP contribution >= 0.6 is 0 Å². The number of benzene rings is 2. The Bertz CT molecular complexity index is 868. The van der Waals surface area contributed by atoms with Crippen molar-refractivity contribution in [2.24, 2.45) is 0 Å². The molecule has 4 nitrogen and oxygen atoms in total. The zero-order valence-electron chi connectivity index (χ0n) is 16.5. The fourth-order valence-electron chi connectivity index (χ4n) is 4.24. The van der Waals surface area contributed by atoms with Gasteiger partial charge in [0.2, 0.25) is 0 Å². The lowest BCUT2D eigenvalue weighted by Gasteiger charge is -2.31. The van der Waals surface area contributed by atoms with E-state index in [2.05, 4.69) is 18.2 Å². The van der Waals surface area contributed by atoms with Crippen molar-refractivity contribution >= 4 is 0 Å². The molecule has 1 saturated heterocycles. The third-order valence-corrected chi connectivity index (χ3v) is 5.86. The average Bonchev–Trinajstić information content (AvgIpc) is 2.70. The van der Waals surface area contributed by atoms with Crippen LogP contribution in [0.15, 0.2) is 30.3 Å². The SMILES string of the molecule is COc1cc(OC(F)F)c(C2CCCC(CO)O2)cc1Cc1ccc2c(c1)CC2. The molecule has 0 saturated carbocycles. The molecule has 1 fully saturated rings. The summed E-state index contributed by atoms with van der Waals surface area (Å²) in [5, 5.41) is 9.46. The molecule has 2 unspecified atom stereocenters. The number of ether oxygens (including phenoxy) is 3. The minimum atomic E-state index is -2.94. The average molecular weight is 404 g/mol. The lowest BCUT2D eigenvalue weighted by Crippen LogP contribution is -2.26. The van der Waals surface area contributed by atoms with Gasteiger partial charge in [0, 0.05) is 18.1 Å². The first kappa shape index (κ1) is 20.1. The summed E-state index contributed by atoms with van der Waals surface area (Å²) >= 11 is 0. The molecule has 1 aliphatic carbocycles. The Morgan fingerprint density at radius 1 is 1.10 bits per heavy atom. The van der Waals surface area contributed by atoms with Crippen molar-refractivity contribution in [1.82, 2.24) is 0 Å². The molecule has 6 heteroatoms. The minimum Gasteiger partial charge on any atom is -0.496 e. The predicted octanol–water partition coefficient (Wildman–Crippen LogP) is 4.59. The van der Waals surface area contributed by atoms with Crippen molar-refractivity contribution in [3.8, 4) is 11.5 Å². The summed E-state index contributed by atoms with van der Waals surface area (Å²) in [5.41, 5.74) is 5.42. The highest BCUT2D eigenvalue weighted by Crippen LogP contribution is 2.41. The lowest BCUT2D eigenvalue weighted by molar-refractivity contribution is -0.0802. The Balaban J connectivity index is 1.68. The summed E-state index contributed by atoms with van der Waals surface area (Å²) in [4.78, 5) is 0. The fourth-order valence-corrected chi connectivity index (χ4v) is 4.24. The Labute approximate surface area is 169 Å². The number of alkyl halides is 2. The van der Waals surface area contributed by atoms with Gasteiger partial charge in [0.15, 0.2) is 0 Å². The van der Waals surface area contributed by atoms with Crippen LogP contribution in [0.3, 0.4) is 0 Å². The van der Waals surface area contributed by atoms with Gasteiger partial charge in [-0.2, -0.15) is 8.78 Å². The number of rotatable bonds is 7. The highest BCUT2D eigenvalue weighted by atomic mass is 19.3. The quantitative estimate of drug-likeness (QED) is 0.733. The molecule has 2 aromatic rings. The van der Waals surface area contributed by atoms with Gasteiger partial charge in [-0.3, -0.25) is 0 Å². The molecular formula is C23H26F2O4. The van der Waals surface area contributed by atoms with E-state index < -0.39 is 12.7 Å². The summed E-state index contributed by atoms with van der Waals surface area (Å²) < 4.78 is 42.3. The molecule has 0 radical (unpaired) electrons. The Morgan fingerprint density at radius 2 is 1.93 bits per heavy atom. The lowest BCUT2D eigenvalue weighted by atomic mass is 9.86. The van der Waals surface area contributed by atoms with Crippen LogP contribution < -0.4 is 9.47 Å². The second-order valence-electron chi connectivity index (χ2n) is 7.72. The van der Waals surface area contributed by atoms with Crippen LogP contribution in [0.2, 0.25) is 0 Å². The van der Waals surface area contributed by atoms with E-state index in [0.29, 0.717) is 24.2 Å². The topological polar surface area (TPSA) is 47.9 Å². The van der Waals surface area contributed by atoms with E-state index in [1.54, 1.807) is 0 Å². The van der Waals surface area contributed by atoms with Gasteiger partial charge in [-0.15, -0.1) is 0 Å².